The van der Waals surface area contributed by atoms with Gasteiger partial charge in [0.25, 0.3) is 10.0 Å². The molecule has 1 aliphatic rings. The van der Waals surface area contributed by atoms with Gasteiger partial charge in [0.15, 0.2) is 0 Å². The fourth-order valence-electron chi connectivity index (χ4n) is 6.12. The van der Waals surface area contributed by atoms with Gasteiger partial charge >= 0.3 is 0 Å². The number of anilines is 1. The van der Waals surface area contributed by atoms with Gasteiger partial charge in [-0.1, -0.05) is 109 Å². The van der Waals surface area contributed by atoms with Crippen molar-refractivity contribution in [1.82, 2.24) is 10.2 Å². The molecule has 5 rings (SSSR count). The van der Waals surface area contributed by atoms with E-state index in [1.54, 1.807) is 54.6 Å². The SMILES string of the molecule is COc1ccccc1N(CC(=O)N(Cc1ccc(Cl)cc1Cl)[C@@H](Cc1ccccc1)C(=O)NC1CCCCC1)S(=O)(=O)c1ccc(C)cc1. The van der Waals surface area contributed by atoms with Gasteiger partial charge in [-0.15, -0.1) is 0 Å². The molecule has 4 aromatic carbocycles. The molecule has 1 aliphatic carbocycles. The highest BCUT2D eigenvalue weighted by Crippen LogP contribution is 2.33. The Labute approximate surface area is 299 Å². The van der Waals surface area contributed by atoms with Gasteiger partial charge in [0, 0.05) is 29.1 Å². The van der Waals surface area contributed by atoms with Crippen LogP contribution in [0.4, 0.5) is 5.69 Å². The van der Waals surface area contributed by atoms with Crippen LogP contribution in [0.1, 0.15) is 48.8 Å². The smallest absolute Gasteiger partial charge is 0.264 e. The maximum Gasteiger partial charge on any atom is 0.264 e. The second-order valence-electron chi connectivity index (χ2n) is 12.3. The molecule has 0 aliphatic heterocycles. The number of aryl methyl sites for hydroxylation is 1. The van der Waals surface area contributed by atoms with Crippen LogP contribution in [0.5, 0.6) is 5.75 Å². The maximum absolute atomic E-state index is 14.8. The van der Waals surface area contributed by atoms with E-state index in [1.807, 2.05) is 37.3 Å². The Bertz CT molecular complexity index is 1850. The highest BCUT2D eigenvalue weighted by molar-refractivity contribution is 7.92. The molecule has 0 heterocycles. The Hall–Kier alpha value is -4.05. The normalized spacial score (nSPS) is 14.1. The van der Waals surface area contributed by atoms with E-state index in [1.165, 1.54) is 24.1 Å². The lowest BCUT2D eigenvalue weighted by atomic mass is 9.94. The van der Waals surface area contributed by atoms with E-state index < -0.39 is 28.5 Å². The topological polar surface area (TPSA) is 96.0 Å². The van der Waals surface area contributed by atoms with E-state index in [0.29, 0.717) is 15.6 Å². The van der Waals surface area contributed by atoms with E-state index in [0.717, 1.165) is 47.5 Å². The summed E-state index contributed by atoms with van der Waals surface area (Å²) < 4.78 is 35.3. The Kier molecular flexibility index (Phi) is 12.3. The zero-order chi connectivity index (χ0) is 35.0. The van der Waals surface area contributed by atoms with Crippen molar-refractivity contribution in [3.8, 4) is 5.75 Å². The van der Waals surface area contributed by atoms with Gasteiger partial charge in [0.05, 0.1) is 17.7 Å². The van der Waals surface area contributed by atoms with Crippen LogP contribution in [0.15, 0.2) is 102 Å². The minimum Gasteiger partial charge on any atom is -0.495 e. The molecule has 49 heavy (non-hydrogen) atoms. The van der Waals surface area contributed by atoms with Gasteiger partial charge in [-0.05, 0) is 67.3 Å². The number of benzene rings is 4. The molecule has 0 bridgehead atoms. The number of carbonyl (C=O) groups is 2. The molecular weight excluding hydrogens is 681 g/mol. The Morgan fingerprint density at radius 3 is 2.24 bits per heavy atom. The number of nitrogens with one attached hydrogen (secondary N) is 1. The van der Waals surface area contributed by atoms with E-state index >= 15 is 0 Å². The Morgan fingerprint density at radius 2 is 1.57 bits per heavy atom. The average molecular weight is 723 g/mol. The lowest BCUT2D eigenvalue weighted by Crippen LogP contribution is -2.55. The number of sulfonamides is 1. The summed E-state index contributed by atoms with van der Waals surface area (Å²) >= 11 is 12.9. The second-order valence-corrected chi connectivity index (χ2v) is 15.0. The molecule has 1 saturated carbocycles. The fraction of sp³-hybridized carbons (Fsp3) is 0.316. The number of carbonyl (C=O) groups excluding carboxylic acids is 2. The van der Waals surface area contributed by atoms with Gasteiger partial charge in [0.2, 0.25) is 11.8 Å². The molecule has 0 spiro atoms. The third-order valence-corrected chi connectivity index (χ3v) is 11.2. The quantitative estimate of drug-likeness (QED) is 0.154. The van der Waals surface area contributed by atoms with Crippen LogP contribution >= 0.6 is 23.2 Å². The summed E-state index contributed by atoms with van der Waals surface area (Å²) in [6, 6.07) is 26.5. The number of methoxy groups -OCH3 is 1. The van der Waals surface area contributed by atoms with E-state index in [4.69, 9.17) is 27.9 Å². The first-order valence-electron chi connectivity index (χ1n) is 16.4. The minimum atomic E-state index is -4.28. The molecule has 1 N–H and O–H groups in total. The molecule has 258 valence electrons. The number of nitrogens with zero attached hydrogens (tertiary/aromatic N) is 2. The van der Waals surface area contributed by atoms with Gasteiger partial charge < -0.3 is 15.0 Å². The van der Waals surface area contributed by atoms with Crippen LogP contribution in [0, 0.1) is 6.92 Å². The summed E-state index contributed by atoms with van der Waals surface area (Å²) in [4.78, 5) is 30.5. The van der Waals surface area contributed by atoms with Gasteiger partial charge in [-0.2, -0.15) is 0 Å². The third kappa shape index (κ3) is 9.15. The zero-order valence-corrected chi connectivity index (χ0v) is 30.0. The number of rotatable bonds is 13. The van der Waals surface area contributed by atoms with Crippen molar-refractivity contribution in [3.05, 3.63) is 124 Å². The molecule has 4 aromatic rings. The number of para-hydroxylation sites is 2. The van der Waals surface area contributed by atoms with Crippen LogP contribution in [0.25, 0.3) is 0 Å². The Morgan fingerprint density at radius 1 is 0.898 bits per heavy atom. The first kappa shape index (κ1) is 36.2. The monoisotopic (exact) mass is 721 g/mol. The number of halogens is 2. The van der Waals surface area contributed by atoms with Crippen molar-refractivity contribution in [2.24, 2.45) is 0 Å². The molecule has 0 saturated heterocycles. The number of hydrogen-bond acceptors (Lipinski definition) is 5. The molecule has 2 amide bonds. The first-order valence-corrected chi connectivity index (χ1v) is 18.6. The highest BCUT2D eigenvalue weighted by atomic mass is 35.5. The second kappa shape index (κ2) is 16.6. The van der Waals surface area contributed by atoms with E-state index in [9.17, 15) is 18.0 Å². The van der Waals surface area contributed by atoms with Crippen molar-refractivity contribution in [1.29, 1.82) is 0 Å². The van der Waals surface area contributed by atoms with Crippen LogP contribution in [0.3, 0.4) is 0 Å². The van der Waals surface area contributed by atoms with Crippen LogP contribution in [-0.4, -0.2) is 50.9 Å². The average Bonchev–Trinajstić information content (AvgIpc) is 3.10. The summed E-state index contributed by atoms with van der Waals surface area (Å²) in [5, 5.41) is 3.96. The van der Waals surface area contributed by atoms with Crippen LogP contribution < -0.4 is 14.4 Å². The summed E-state index contributed by atoms with van der Waals surface area (Å²) in [5.74, 6) is -0.624. The summed E-state index contributed by atoms with van der Waals surface area (Å²) in [6.45, 7) is 1.20. The molecule has 8 nitrogen and oxygen atoms in total. The first-order chi connectivity index (χ1) is 23.6. The standard InChI is InChI=1S/C38H41Cl2N3O5S/c1-27-17-21-32(22-18-27)49(46,47)43(34-15-9-10-16-36(34)48-2)26-37(44)42(25-29-19-20-30(39)24-33(29)40)35(23-28-11-5-3-6-12-28)38(45)41-31-13-7-4-8-14-31/h3,5-6,9-12,15-22,24,31,35H,4,7-8,13-14,23,25-26H2,1-2H3,(H,41,45)/t35-/m0/s1. The highest BCUT2D eigenvalue weighted by Gasteiger charge is 2.36. The van der Waals surface area contributed by atoms with Crippen molar-refractivity contribution < 1.29 is 22.7 Å². The summed E-state index contributed by atoms with van der Waals surface area (Å²) in [7, 11) is -2.84. The Balaban J connectivity index is 1.60. The van der Waals surface area contributed by atoms with Crippen LogP contribution in [0.2, 0.25) is 10.0 Å². The third-order valence-electron chi connectivity index (χ3n) is 8.82. The van der Waals surface area contributed by atoms with Gasteiger partial charge in [0.1, 0.15) is 18.3 Å². The number of ether oxygens (including phenoxy) is 1. The van der Waals surface area contributed by atoms with Gasteiger partial charge in [-0.3, -0.25) is 13.9 Å². The lowest BCUT2D eigenvalue weighted by molar-refractivity contribution is -0.140. The molecule has 1 atom stereocenters. The van der Waals surface area contributed by atoms with Crippen molar-refractivity contribution >= 4 is 50.7 Å². The van der Waals surface area contributed by atoms with E-state index in [-0.39, 0.29) is 41.2 Å². The van der Waals surface area contributed by atoms with Crippen molar-refractivity contribution in [2.45, 2.75) is 69.0 Å². The molecule has 1 fully saturated rings. The fourth-order valence-corrected chi connectivity index (χ4v) is 8.01. The largest absolute Gasteiger partial charge is 0.495 e. The molecule has 0 aromatic heterocycles. The molecule has 0 radical (unpaired) electrons. The molecular formula is C38H41Cl2N3O5S. The maximum atomic E-state index is 14.8. The summed E-state index contributed by atoms with van der Waals surface area (Å²) in [6.07, 6.45) is 5.07. The van der Waals surface area contributed by atoms with Crippen molar-refractivity contribution in [2.75, 3.05) is 18.0 Å². The number of amides is 2. The van der Waals surface area contributed by atoms with Crippen LogP contribution in [-0.2, 0) is 32.6 Å². The van der Waals surface area contributed by atoms with Gasteiger partial charge in [-0.25, -0.2) is 8.42 Å². The minimum absolute atomic E-state index is 0.0115. The summed E-state index contributed by atoms with van der Waals surface area (Å²) in [5.41, 5.74) is 2.49. The molecule has 11 heteroatoms. The van der Waals surface area contributed by atoms with E-state index in [2.05, 4.69) is 5.32 Å². The predicted octanol–water partition coefficient (Wildman–Crippen LogP) is 7.59. The lowest BCUT2D eigenvalue weighted by Gasteiger charge is -2.35. The molecule has 0 unspecified atom stereocenters. The van der Waals surface area contributed by atoms with Crippen molar-refractivity contribution in [3.63, 3.8) is 0 Å². The predicted molar refractivity (Wildman–Crippen MR) is 195 cm³/mol. The zero-order valence-electron chi connectivity index (χ0n) is 27.6. The number of hydrogen-bond donors (Lipinski definition) is 1.